The first-order chi connectivity index (χ1) is 9.54. The zero-order valence-electron chi connectivity index (χ0n) is 11.0. The van der Waals surface area contributed by atoms with Gasteiger partial charge in [-0.05, 0) is 19.3 Å². The lowest BCUT2D eigenvalue weighted by atomic mass is 10.0. The summed E-state index contributed by atoms with van der Waals surface area (Å²) in [5.41, 5.74) is 10.9. The molecule has 108 valence electrons. The molecule has 1 aromatic heterocycles. The highest BCUT2D eigenvalue weighted by Crippen LogP contribution is 2.27. The molecule has 8 heteroatoms. The third-order valence-corrected chi connectivity index (χ3v) is 3.50. The molecule has 0 radical (unpaired) electrons. The van der Waals surface area contributed by atoms with Crippen LogP contribution >= 0.6 is 0 Å². The summed E-state index contributed by atoms with van der Waals surface area (Å²) in [7, 11) is 0. The molecule has 1 atom stereocenters. The molecular formula is C12H17N5O3. The van der Waals surface area contributed by atoms with Crippen LogP contribution in [0.3, 0.4) is 0 Å². The van der Waals surface area contributed by atoms with Crippen LogP contribution in [0.25, 0.3) is 0 Å². The van der Waals surface area contributed by atoms with E-state index in [1.54, 1.807) is 0 Å². The predicted octanol–water partition coefficient (Wildman–Crippen LogP) is 0.406. The maximum absolute atomic E-state index is 11.5. The number of hydrogen-bond acceptors (Lipinski definition) is 6. The third-order valence-electron chi connectivity index (χ3n) is 3.50. The molecule has 4 N–H and O–H groups in total. The van der Waals surface area contributed by atoms with Crippen molar-refractivity contribution in [2.75, 3.05) is 18.0 Å². The molecule has 8 nitrogen and oxygen atoms in total. The summed E-state index contributed by atoms with van der Waals surface area (Å²) in [5.74, 6) is -0.337. The average Bonchev–Trinajstić information content (AvgIpc) is 2.46. The molecule has 0 aromatic carbocycles. The summed E-state index contributed by atoms with van der Waals surface area (Å²) < 4.78 is 0. The van der Waals surface area contributed by atoms with Gasteiger partial charge in [-0.2, -0.15) is 0 Å². The number of carbonyl (C=O) groups is 1. The van der Waals surface area contributed by atoms with E-state index in [0.29, 0.717) is 18.9 Å². The first-order valence-electron chi connectivity index (χ1n) is 6.45. The zero-order valence-corrected chi connectivity index (χ0v) is 11.0. The van der Waals surface area contributed by atoms with E-state index in [-0.39, 0.29) is 17.3 Å². The van der Waals surface area contributed by atoms with Gasteiger partial charge < -0.3 is 16.4 Å². The van der Waals surface area contributed by atoms with Crippen molar-refractivity contribution in [1.29, 1.82) is 0 Å². The van der Waals surface area contributed by atoms with Gasteiger partial charge in [0.1, 0.15) is 12.0 Å². The number of piperidine rings is 1. The Labute approximate surface area is 115 Å². The maximum Gasteiger partial charge on any atom is 0.288 e. The summed E-state index contributed by atoms with van der Waals surface area (Å²) in [6, 6.07) is 1.25. The largest absolute Gasteiger partial charge is 0.365 e. The fourth-order valence-corrected chi connectivity index (χ4v) is 2.48. The minimum Gasteiger partial charge on any atom is -0.365 e. The van der Waals surface area contributed by atoms with Crippen LogP contribution in [-0.2, 0) is 0 Å². The standard InChI is InChI=1S/C12H17N5O3/c13-6-8-3-1-2-4-16(8)12-10(11(14)18)5-9(7-15-12)17(19)20/h5,7-8H,1-4,6,13H2,(H2,14,18). The van der Waals surface area contributed by atoms with E-state index in [1.165, 1.54) is 6.07 Å². The van der Waals surface area contributed by atoms with Gasteiger partial charge in [-0.1, -0.05) is 0 Å². The summed E-state index contributed by atoms with van der Waals surface area (Å²) in [6.45, 7) is 1.16. The van der Waals surface area contributed by atoms with Crippen molar-refractivity contribution in [3.05, 3.63) is 27.9 Å². The number of amides is 1. The minimum absolute atomic E-state index is 0.0690. The molecule has 0 bridgehead atoms. The van der Waals surface area contributed by atoms with Crippen LogP contribution in [-0.4, -0.2) is 34.9 Å². The Bertz CT molecular complexity index is 534. The van der Waals surface area contributed by atoms with Gasteiger partial charge in [0.05, 0.1) is 10.5 Å². The summed E-state index contributed by atoms with van der Waals surface area (Å²) >= 11 is 0. The van der Waals surface area contributed by atoms with Crippen LogP contribution in [0.2, 0.25) is 0 Å². The lowest BCUT2D eigenvalue weighted by Gasteiger charge is -2.36. The van der Waals surface area contributed by atoms with E-state index in [0.717, 1.165) is 25.5 Å². The molecule has 20 heavy (non-hydrogen) atoms. The molecule has 1 unspecified atom stereocenters. The first-order valence-corrected chi connectivity index (χ1v) is 6.45. The van der Waals surface area contributed by atoms with Crippen molar-refractivity contribution in [1.82, 2.24) is 4.98 Å². The fourth-order valence-electron chi connectivity index (χ4n) is 2.48. The van der Waals surface area contributed by atoms with Crippen LogP contribution in [0.5, 0.6) is 0 Å². The molecule has 0 spiro atoms. The number of pyridine rings is 1. The molecule has 1 saturated heterocycles. The van der Waals surface area contributed by atoms with Crippen molar-refractivity contribution in [2.45, 2.75) is 25.3 Å². The number of hydrogen-bond donors (Lipinski definition) is 2. The monoisotopic (exact) mass is 279 g/mol. The van der Waals surface area contributed by atoms with Gasteiger partial charge in [-0.25, -0.2) is 4.98 Å². The Morgan fingerprint density at radius 2 is 2.30 bits per heavy atom. The smallest absolute Gasteiger partial charge is 0.288 e. The Hall–Kier alpha value is -2.22. The maximum atomic E-state index is 11.5. The second-order valence-electron chi connectivity index (χ2n) is 4.76. The molecular weight excluding hydrogens is 262 g/mol. The zero-order chi connectivity index (χ0) is 14.7. The summed E-state index contributed by atoms with van der Waals surface area (Å²) in [5, 5.41) is 10.8. The van der Waals surface area contributed by atoms with E-state index in [4.69, 9.17) is 11.5 Å². The van der Waals surface area contributed by atoms with E-state index in [9.17, 15) is 14.9 Å². The summed E-state index contributed by atoms with van der Waals surface area (Å²) in [4.78, 5) is 27.7. The Balaban J connectivity index is 2.44. The highest BCUT2D eigenvalue weighted by molar-refractivity contribution is 5.98. The second kappa shape index (κ2) is 5.83. The van der Waals surface area contributed by atoms with E-state index in [2.05, 4.69) is 4.98 Å². The van der Waals surface area contributed by atoms with Gasteiger partial charge in [-0.3, -0.25) is 14.9 Å². The lowest BCUT2D eigenvalue weighted by Crippen LogP contribution is -2.45. The normalized spacial score (nSPS) is 18.9. The van der Waals surface area contributed by atoms with Crippen molar-refractivity contribution < 1.29 is 9.72 Å². The van der Waals surface area contributed by atoms with Crippen LogP contribution < -0.4 is 16.4 Å². The van der Waals surface area contributed by atoms with Crippen LogP contribution in [0.1, 0.15) is 29.6 Å². The number of nitro groups is 1. The molecule has 2 heterocycles. The highest BCUT2D eigenvalue weighted by Gasteiger charge is 2.27. The number of nitrogens with two attached hydrogens (primary N) is 2. The van der Waals surface area contributed by atoms with Crippen LogP contribution in [0.15, 0.2) is 12.3 Å². The number of rotatable bonds is 4. The fraction of sp³-hybridized carbons (Fsp3) is 0.500. The van der Waals surface area contributed by atoms with Crippen LogP contribution in [0, 0.1) is 10.1 Å². The molecule has 1 aromatic rings. The predicted molar refractivity (Wildman–Crippen MR) is 73.4 cm³/mol. The quantitative estimate of drug-likeness (QED) is 0.606. The number of aromatic nitrogens is 1. The Kier molecular flexibility index (Phi) is 4.14. The molecule has 1 aliphatic rings. The van der Waals surface area contributed by atoms with E-state index >= 15 is 0 Å². The van der Waals surface area contributed by atoms with E-state index in [1.807, 2.05) is 4.90 Å². The molecule has 0 saturated carbocycles. The Morgan fingerprint density at radius 3 is 2.90 bits per heavy atom. The SMILES string of the molecule is NCC1CCCCN1c1ncc([N+](=O)[O-])cc1C(N)=O. The van der Waals surface area contributed by atoms with Gasteiger partial charge in [0.15, 0.2) is 0 Å². The number of carbonyl (C=O) groups excluding carboxylic acids is 1. The molecule has 1 aliphatic heterocycles. The van der Waals surface area contributed by atoms with Crippen molar-refractivity contribution >= 4 is 17.4 Å². The topological polar surface area (TPSA) is 128 Å². The number of nitrogens with zero attached hydrogens (tertiary/aromatic N) is 3. The second-order valence-corrected chi connectivity index (χ2v) is 4.76. The number of primary amides is 1. The Morgan fingerprint density at radius 1 is 1.55 bits per heavy atom. The van der Waals surface area contributed by atoms with Gasteiger partial charge in [0, 0.05) is 25.2 Å². The lowest BCUT2D eigenvalue weighted by molar-refractivity contribution is -0.385. The van der Waals surface area contributed by atoms with E-state index < -0.39 is 10.8 Å². The average molecular weight is 279 g/mol. The van der Waals surface area contributed by atoms with Crippen molar-refractivity contribution in [2.24, 2.45) is 11.5 Å². The molecule has 0 aliphatic carbocycles. The molecule has 1 fully saturated rings. The number of anilines is 1. The van der Waals surface area contributed by atoms with Gasteiger partial charge in [-0.15, -0.1) is 0 Å². The summed E-state index contributed by atoms with van der Waals surface area (Å²) in [6.07, 6.45) is 4.09. The van der Waals surface area contributed by atoms with Crippen LogP contribution in [0.4, 0.5) is 11.5 Å². The molecule has 2 rings (SSSR count). The minimum atomic E-state index is -0.724. The highest BCUT2D eigenvalue weighted by atomic mass is 16.6. The third kappa shape index (κ3) is 2.69. The van der Waals surface area contributed by atoms with Crippen molar-refractivity contribution in [3.8, 4) is 0 Å². The van der Waals surface area contributed by atoms with Crippen molar-refractivity contribution in [3.63, 3.8) is 0 Å². The first kappa shape index (κ1) is 14.2. The van der Waals surface area contributed by atoms with Gasteiger partial charge in [0.2, 0.25) is 0 Å². The van der Waals surface area contributed by atoms with Gasteiger partial charge in [0.25, 0.3) is 11.6 Å². The van der Waals surface area contributed by atoms with Gasteiger partial charge >= 0.3 is 0 Å². The molecule has 1 amide bonds.